The molecule has 0 bridgehead atoms. The quantitative estimate of drug-likeness (QED) is 0.676. The van der Waals surface area contributed by atoms with E-state index in [0.717, 1.165) is 43.0 Å². The molecule has 16 heavy (non-hydrogen) atoms. The second kappa shape index (κ2) is 7.32. The molecule has 1 rings (SSSR count). The molecule has 0 aliphatic heterocycles. The van der Waals surface area contributed by atoms with Crippen molar-refractivity contribution in [2.24, 2.45) is 0 Å². The lowest BCUT2D eigenvalue weighted by Gasteiger charge is -2.01. The number of carbonyl (C=O) groups is 1. The van der Waals surface area contributed by atoms with Gasteiger partial charge in [-0.25, -0.2) is 9.78 Å². The monoisotopic (exact) mass is 244 g/mol. The minimum absolute atomic E-state index is 0.149. The van der Waals surface area contributed by atoms with Crippen LogP contribution in [0.1, 0.15) is 28.3 Å². The molecular formula is C10H16N2O3S. The molecule has 1 aromatic heterocycles. The Morgan fingerprint density at radius 1 is 1.62 bits per heavy atom. The summed E-state index contributed by atoms with van der Waals surface area (Å²) in [5.74, 6) is -0.962. The van der Waals surface area contributed by atoms with Crippen LogP contribution in [0.5, 0.6) is 0 Å². The summed E-state index contributed by atoms with van der Waals surface area (Å²) in [6, 6.07) is 0. The van der Waals surface area contributed by atoms with E-state index in [2.05, 4.69) is 10.3 Å². The van der Waals surface area contributed by atoms with Crippen LogP contribution >= 0.6 is 11.3 Å². The van der Waals surface area contributed by atoms with Gasteiger partial charge in [-0.2, -0.15) is 0 Å². The van der Waals surface area contributed by atoms with Gasteiger partial charge in [-0.15, -0.1) is 11.3 Å². The zero-order valence-corrected chi connectivity index (χ0v) is 10.0. The van der Waals surface area contributed by atoms with E-state index >= 15 is 0 Å². The molecule has 0 aliphatic rings. The first-order valence-electron chi connectivity index (χ1n) is 5.11. The van der Waals surface area contributed by atoms with Crippen LogP contribution in [0.2, 0.25) is 0 Å². The van der Waals surface area contributed by atoms with Crippen molar-refractivity contribution in [2.75, 3.05) is 20.3 Å². The molecule has 1 heterocycles. The molecule has 2 N–H and O–H groups in total. The van der Waals surface area contributed by atoms with Gasteiger partial charge in [0.25, 0.3) is 0 Å². The normalized spacial score (nSPS) is 10.6. The standard InChI is InChI=1S/C10H16N2O3S/c1-15-5-3-2-4-11-6-8-7-16-9(12-8)10(13)14/h7,11H,2-6H2,1H3,(H,13,14). The van der Waals surface area contributed by atoms with Gasteiger partial charge in [-0.05, 0) is 19.4 Å². The third-order valence-corrected chi connectivity index (χ3v) is 2.87. The Hall–Kier alpha value is -0.980. The molecule has 0 aliphatic carbocycles. The topological polar surface area (TPSA) is 71.5 Å². The Bertz CT molecular complexity index is 328. The minimum atomic E-state index is -0.962. The van der Waals surface area contributed by atoms with E-state index in [-0.39, 0.29) is 5.01 Å². The van der Waals surface area contributed by atoms with Crippen LogP contribution < -0.4 is 5.32 Å². The number of aromatic carboxylic acids is 1. The minimum Gasteiger partial charge on any atom is -0.476 e. The summed E-state index contributed by atoms with van der Waals surface area (Å²) in [6.07, 6.45) is 2.07. The van der Waals surface area contributed by atoms with Gasteiger partial charge < -0.3 is 15.2 Å². The highest BCUT2D eigenvalue weighted by molar-refractivity contribution is 7.11. The van der Waals surface area contributed by atoms with Crippen molar-refractivity contribution >= 4 is 17.3 Å². The zero-order chi connectivity index (χ0) is 11.8. The van der Waals surface area contributed by atoms with E-state index in [1.165, 1.54) is 0 Å². The number of carboxylic acids is 1. The number of nitrogens with zero attached hydrogens (tertiary/aromatic N) is 1. The Balaban J connectivity index is 2.14. The fraction of sp³-hybridized carbons (Fsp3) is 0.600. The molecule has 0 saturated carbocycles. The molecule has 0 radical (unpaired) electrons. The van der Waals surface area contributed by atoms with Gasteiger partial charge in [0, 0.05) is 25.6 Å². The highest BCUT2D eigenvalue weighted by Gasteiger charge is 2.07. The highest BCUT2D eigenvalue weighted by atomic mass is 32.1. The number of aromatic nitrogens is 1. The van der Waals surface area contributed by atoms with E-state index < -0.39 is 5.97 Å². The SMILES string of the molecule is COCCCCNCc1csc(C(=O)O)n1. The number of hydrogen-bond acceptors (Lipinski definition) is 5. The van der Waals surface area contributed by atoms with Crippen molar-refractivity contribution in [3.63, 3.8) is 0 Å². The first kappa shape index (κ1) is 13.1. The molecule has 0 saturated heterocycles. The van der Waals surface area contributed by atoms with Gasteiger partial charge in [-0.3, -0.25) is 0 Å². The summed E-state index contributed by atoms with van der Waals surface area (Å²) in [5, 5.41) is 13.8. The summed E-state index contributed by atoms with van der Waals surface area (Å²) in [5.41, 5.74) is 0.786. The summed E-state index contributed by atoms with van der Waals surface area (Å²) >= 11 is 1.16. The van der Waals surface area contributed by atoms with E-state index in [1.54, 1.807) is 12.5 Å². The molecule has 90 valence electrons. The average molecular weight is 244 g/mol. The van der Waals surface area contributed by atoms with E-state index in [1.807, 2.05) is 0 Å². The fourth-order valence-corrected chi connectivity index (χ4v) is 1.85. The van der Waals surface area contributed by atoms with Crippen molar-refractivity contribution in [1.82, 2.24) is 10.3 Å². The van der Waals surface area contributed by atoms with Gasteiger partial charge in [0.05, 0.1) is 5.69 Å². The van der Waals surface area contributed by atoms with E-state index in [4.69, 9.17) is 9.84 Å². The third kappa shape index (κ3) is 4.69. The smallest absolute Gasteiger partial charge is 0.365 e. The molecule has 0 atom stereocenters. The number of methoxy groups -OCH3 is 1. The molecule has 0 fully saturated rings. The zero-order valence-electron chi connectivity index (χ0n) is 9.23. The predicted molar refractivity (Wildman–Crippen MR) is 61.9 cm³/mol. The number of hydrogen-bond donors (Lipinski definition) is 2. The molecule has 0 unspecified atom stereocenters. The van der Waals surface area contributed by atoms with Crippen molar-refractivity contribution < 1.29 is 14.6 Å². The summed E-state index contributed by atoms with van der Waals surface area (Å²) in [7, 11) is 1.69. The maximum absolute atomic E-state index is 10.6. The predicted octanol–water partition coefficient (Wildman–Crippen LogP) is 1.36. The largest absolute Gasteiger partial charge is 0.476 e. The Morgan fingerprint density at radius 3 is 3.06 bits per heavy atom. The van der Waals surface area contributed by atoms with Crippen molar-refractivity contribution in [2.45, 2.75) is 19.4 Å². The third-order valence-electron chi connectivity index (χ3n) is 1.99. The first-order chi connectivity index (χ1) is 7.74. The molecule has 1 aromatic rings. The van der Waals surface area contributed by atoms with Crippen molar-refractivity contribution in [3.8, 4) is 0 Å². The lowest BCUT2D eigenvalue weighted by molar-refractivity contribution is 0.0696. The number of ether oxygens (including phenoxy) is 1. The molecule has 5 nitrogen and oxygen atoms in total. The summed E-state index contributed by atoms with van der Waals surface area (Å²) in [4.78, 5) is 14.6. The van der Waals surface area contributed by atoms with Gasteiger partial charge in [0.15, 0.2) is 0 Å². The van der Waals surface area contributed by atoms with Crippen LogP contribution in [0.4, 0.5) is 0 Å². The van der Waals surface area contributed by atoms with Crippen LogP contribution in [-0.4, -0.2) is 36.3 Å². The van der Waals surface area contributed by atoms with Crippen LogP contribution in [0.25, 0.3) is 0 Å². The van der Waals surface area contributed by atoms with Crippen LogP contribution in [0, 0.1) is 0 Å². The van der Waals surface area contributed by atoms with Gasteiger partial charge in [-0.1, -0.05) is 0 Å². The highest BCUT2D eigenvalue weighted by Crippen LogP contribution is 2.09. The Morgan fingerprint density at radius 2 is 2.44 bits per heavy atom. The van der Waals surface area contributed by atoms with E-state index in [0.29, 0.717) is 6.54 Å². The molecule has 0 spiro atoms. The van der Waals surface area contributed by atoms with Crippen molar-refractivity contribution in [3.05, 3.63) is 16.1 Å². The lowest BCUT2D eigenvalue weighted by atomic mass is 10.3. The number of carboxylic acid groups (broad SMARTS) is 1. The van der Waals surface area contributed by atoms with Crippen molar-refractivity contribution in [1.29, 1.82) is 0 Å². The van der Waals surface area contributed by atoms with Gasteiger partial charge in [0.2, 0.25) is 5.01 Å². The Kier molecular flexibility index (Phi) is 5.99. The van der Waals surface area contributed by atoms with Gasteiger partial charge in [0.1, 0.15) is 0 Å². The van der Waals surface area contributed by atoms with Gasteiger partial charge >= 0.3 is 5.97 Å². The van der Waals surface area contributed by atoms with Crippen LogP contribution in [0.15, 0.2) is 5.38 Å². The number of nitrogens with one attached hydrogen (secondary N) is 1. The first-order valence-corrected chi connectivity index (χ1v) is 5.99. The maximum Gasteiger partial charge on any atom is 0.365 e. The number of thiazole rings is 1. The summed E-state index contributed by atoms with van der Waals surface area (Å²) < 4.78 is 4.93. The molecular weight excluding hydrogens is 228 g/mol. The second-order valence-electron chi connectivity index (χ2n) is 3.33. The molecule has 0 amide bonds. The number of unbranched alkanes of at least 4 members (excludes halogenated alkanes) is 1. The van der Waals surface area contributed by atoms with E-state index in [9.17, 15) is 4.79 Å². The Labute approximate surface area is 98.5 Å². The maximum atomic E-state index is 10.6. The second-order valence-corrected chi connectivity index (χ2v) is 4.18. The number of rotatable bonds is 8. The lowest BCUT2D eigenvalue weighted by Crippen LogP contribution is -2.15. The van der Waals surface area contributed by atoms with Crippen LogP contribution in [-0.2, 0) is 11.3 Å². The average Bonchev–Trinajstić information content (AvgIpc) is 2.72. The molecule has 0 aromatic carbocycles. The van der Waals surface area contributed by atoms with Crippen LogP contribution in [0.3, 0.4) is 0 Å². The fourth-order valence-electron chi connectivity index (χ4n) is 1.20. The molecule has 6 heteroatoms. The summed E-state index contributed by atoms with van der Waals surface area (Å²) in [6.45, 7) is 2.29.